The maximum absolute atomic E-state index is 12.8. The topological polar surface area (TPSA) is 83.8 Å². The fraction of sp³-hybridized carbons (Fsp3) is 0.333. The average molecular weight is 446 g/mol. The zero-order valence-corrected chi connectivity index (χ0v) is 16.4. The van der Waals surface area contributed by atoms with Crippen LogP contribution in [0, 0.1) is 10.1 Å². The van der Waals surface area contributed by atoms with Crippen LogP contribution in [0.1, 0.15) is 4.88 Å². The summed E-state index contributed by atoms with van der Waals surface area (Å²) in [4.78, 5) is 13.6. The predicted octanol–water partition coefficient (Wildman–Crippen LogP) is 2.93. The monoisotopic (exact) mass is 445 g/mol. The van der Waals surface area contributed by atoms with Crippen LogP contribution in [-0.2, 0) is 16.6 Å². The van der Waals surface area contributed by atoms with Gasteiger partial charge in [-0.25, -0.2) is 8.42 Å². The Labute approximate surface area is 158 Å². The molecule has 1 fully saturated rings. The number of nitro benzene ring substituents is 1. The molecular formula is C15H16BrN3O4S2. The summed E-state index contributed by atoms with van der Waals surface area (Å²) >= 11 is 5.09. The molecule has 1 aliphatic heterocycles. The van der Waals surface area contributed by atoms with Crippen molar-refractivity contribution in [3.05, 3.63) is 55.2 Å². The van der Waals surface area contributed by atoms with Crippen LogP contribution < -0.4 is 0 Å². The van der Waals surface area contributed by atoms with Crippen LogP contribution in [-0.4, -0.2) is 48.7 Å². The lowest BCUT2D eigenvalue weighted by molar-refractivity contribution is -0.387. The Morgan fingerprint density at radius 1 is 1.12 bits per heavy atom. The molecule has 0 bridgehead atoms. The Kier molecular flexibility index (Phi) is 5.54. The molecule has 0 amide bonds. The Hall–Kier alpha value is -1.33. The van der Waals surface area contributed by atoms with E-state index in [4.69, 9.17) is 0 Å². The summed E-state index contributed by atoms with van der Waals surface area (Å²) in [6.07, 6.45) is 0. The van der Waals surface area contributed by atoms with Gasteiger partial charge >= 0.3 is 0 Å². The highest BCUT2D eigenvalue weighted by Gasteiger charge is 2.33. The van der Waals surface area contributed by atoms with Crippen LogP contribution in [0.2, 0.25) is 0 Å². The van der Waals surface area contributed by atoms with Crippen LogP contribution in [0.5, 0.6) is 0 Å². The standard InChI is InChI=1S/C15H16BrN3O4S2/c16-15-6-5-12(24-15)11-17-7-9-18(10-8-17)25(22,23)14-4-2-1-3-13(14)19(20)21/h1-6H,7-11H2. The second kappa shape index (κ2) is 7.50. The summed E-state index contributed by atoms with van der Waals surface area (Å²) in [6, 6.07) is 9.53. The Morgan fingerprint density at radius 3 is 2.40 bits per heavy atom. The van der Waals surface area contributed by atoms with E-state index in [2.05, 4.69) is 20.8 Å². The maximum atomic E-state index is 12.8. The number of nitro groups is 1. The quantitative estimate of drug-likeness (QED) is 0.521. The Bertz CT molecular complexity index is 876. The van der Waals surface area contributed by atoms with Gasteiger partial charge in [0.25, 0.3) is 5.69 Å². The van der Waals surface area contributed by atoms with Crippen molar-refractivity contribution in [2.24, 2.45) is 0 Å². The van der Waals surface area contributed by atoms with Gasteiger partial charge in [0.1, 0.15) is 0 Å². The van der Waals surface area contributed by atoms with Crippen LogP contribution >= 0.6 is 27.3 Å². The lowest BCUT2D eigenvalue weighted by Gasteiger charge is -2.33. The van der Waals surface area contributed by atoms with E-state index in [1.807, 2.05) is 12.1 Å². The molecule has 1 aliphatic rings. The van der Waals surface area contributed by atoms with Gasteiger partial charge in [0.15, 0.2) is 4.90 Å². The largest absolute Gasteiger partial charge is 0.296 e. The molecule has 1 aromatic heterocycles. The molecule has 1 saturated heterocycles. The van der Waals surface area contributed by atoms with Gasteiger partial charge in [0.05, 0.1) is 8.71 Å². The normalized spacial score (nSPS) is 16.8. The van der Waals surface area contributed by atoms with Crippen LogP contribution in [0.3, 0.4) is 0 Å². The van der Waals surface area contributed by atoms with E-state index in [1.54, 1.807) is 11.3 Å². The SMILES string of the molecule is O=[N+]([O-])c1ccccc1S(=O)(=O)N1CCN(Cc2ccc(Br)s2)CC1. The van der Waals surface area contributed by atoms with Crippen molar-refractivity contribution < 1.29 is 13.3 Å². The van der Waals surface area contributed by atoms with Gasteiger partial charge < -0.3 is 0 Å². The molecule has 0 atom stereocenters. The molecule has 0 radical (unpaired) electrons. The van der Waals surface area contributed by atoms with Gasteiger partial charge in [0, 0.05) is 43.7 Å². The molecule has 10 heteroatoms. The van der Waals surface area contributed by atoms with E-state index in [1.165, 1.54) is 33.4 Å². The summed E-state index contributed by atoms with van der Waals surface area (Å²) in [7, 11) is -3.87. The fourth-order valence-corrected chi connectivity index (χ4v) is 5.86. The number of hydrogen-bond donors (Lipinski definition) is 0. The van der Waals surface area contributed by atoms with Gasteiger partial charge in [-0.15, -0.1) is 11.3 Å². The fourth-order valence-electron chi connectivity index (χ4n) is 2.75. The van der Waals surface area contributed by atoms with Crippen molar-refractivity contribution in [1.82, 2.24) is 9.21 Å². The third-order valence-corrected chi connectivity index (χ3v) is 7.57. The summed E-state index contributed by atoms with van der Waals surface area (Å²) < 4.78 is 28.0. The lowest BCUT2D eigenvalue weighted by atomic mass is 10.3. The van der Waals surface area contributed by atoms with Crippen molar-refractivity contribution in [3.63, 3.8) is 0 Å². The molecule has 0 spiro atoms. The van der Waals surface area contributed by atoms with E-state index in [-0.39, 0.29) is 10.6 Å². The first-order chi connectivity index (χ1) is 11.9. The van der Waals surface area contributed by atoms with E-state index in [0.717, 1.165) is 10.3 Å². The highest BCUT2D eigenvalue weighted by Crippen LogP contribution is 2.28. The third-order valence-electron chi connectivity index (χ3n) is 4.02. The van der Waals surface area contributed by atoms with E-state index >= 15 is 0 Å². The van der Waals surface area contributed by atoms with Crippen molar-refractivity contribution >= 4 is 43.0 Å². The number of hydrogen-bond acceptors (Lipinski definition) is 6. The van der Waals surface area contributed by atoms with Crippen molar-refractivity contribution in [2.75, 3.05) is 26.2 Å². The zero-order valence-electron chi connectivity index (χ0n) is 13.2. The van der Waals surface area contributed by atoms with Gasteiger partial charge in [-0.3, -0.25) is 15.0 Å². The molecule has 1 aromatic carbocycles. The average Bonchev–Trinajstić information content (AvgIpc) is 3.00. The molecule has 0 N–H and O–H groups in total. The molecule has 134 valence electrons. The molecule has 2 heterocycles. The molecular weight excluding hydrogens is 430 g/mol. The summed E-state index contributed by atoms with van der Waals surface area (Å²) in [5, 5.41) is 11.1. The highest BCUT2D eigenvalue weighted by atomic mass is 79.9. The number of sulfonamides is 1. The zero-order chi connectivity index (χ0) is 18.0. The summed E-state index contributed by atoms with van der Waals surface area (Å²) in [5.41, 5.74) is -0.381. The molecule has 25 heavy (non-hydrogen) atoms. The Morgan fingerprint density at radius 2 is 1.80 bits per heavy atom. The highest BCUT2D eigenvalue weighted by molar-refractivity contribution is 9.11. The minimum Gasteiger partial charge on any atom is -0.296 e. The number of thiophene rings is 1. The number of benzene rings is 1. The minimum absolute atomic E-state index is 0.240. The first-order valence-electron chi connectivity index (χ1n) is 7.58. The number of piperazine rings is 1. The van der Waals surface area contributed by atoms with Crippen molar-refractivity contribution in [3.8, 4) is 0 Å². The van der Waals surface area contributed by atoms with Crippen molar-refractivity contribution in [2.45, 2.75) is 11.4 Å². The van der Waals surface area contributed by atoms with Gasteiger partial charge in [-0.05, 0) is 34.1 Å². The second-order valence-corrected chi connectivity index (χ2v) is 10.1. The molecule has 3 rings (SSSR count). The molecule has 0 aliphatic carbocycles. The van der Waals surface area contributed by atoms with E-state index < -0.39 is 14.9 Å². The van der Waals surface area contributed by atoms with E-state index in [9.17, 15) is 18.5 Å². The van der Waals surface area contributed by atoms with Gasteiger partial charge in [-0.2, -0.15) is 4.31 Å². The molecule has 0 unspecified atom stereocenters. The van der Waals surface area contributed by atoms with Crippen LogP contribution in [0.15, 0.2) is 45.1 Å². The van der Waals surface area contributed by atoms with E-state index in [0.29, 0.717) is 26.2 Å². The third kappa shape index (κ3) is 4.09. The number of nitrogens with zero attached hydrogens (tertiary/aromatic N) is 3. The summed E-state index contributed by atoms with van der Waals surface area (Å²) in [6.45, 7) is 2.60. The lowest BCUT2D eigenvalue weighted by Crippen LogP contribution is -2.48. The smallest absolute Gasteiger partial charge is 0.289 e. The maximum Gasteiger partial charge on any atom is 0.289 e. The van der Waals surface area contributed by atoms with Crippen LogP contribution in [0.4, 0.5) is 5.69 Å². The second-order valence-electron chi connectivity index (χ2n) is 5.61. The number of para-hydroxylation sites is 1. The van der Waals surface area contributed by atoms with Gasteiger partial charge in [-0.1, -0.05) is 12.1 Å². The number of halogens is 1. The first kappa shape index (κ1) is 18.5. The molecule has 0 saturated carbocycles. The Balaban J connectivity index is 1.71. The van der Waals surface area contributed by atoms with Gasteiger partial charge in [0.2, 0.25) is 10.0 Å². The van der Waals surface area contributed by atoms with Crippen LogP contribution in [0.25, 0.3) is 0 Å². The predicted molar refractivity (Wildman–Crippen MR) is 99.2 cm³/mol. The van der Waals surface area contributed by atoms with Crippen molar-refractivity contribution in [1.29, 1.82) is 0 Å². The molecule has 2 aromatic rings. The first-order valence-corrected chi connectivity index (χ1v) is 10.6. The number of rotatable bonds is 5. The molecule has 7 nitrogen and oxygen atoms in total. The summed E-state index contributed by atoms with van der Waals surface area (Å²) in [5.74, 6) is 0. The minimum atomic E-state index is -3.87.